The summed E-state index contributed by atoms with van der Waals surface area (Å²) in [4.78, 5) is 26.1. The van der Waals surface area contributed by atoms with Crippen LogP contribution < -0.4 is 10.2 Å². The first-order valence-electron chi connectivity index (χ1n) is 10.8. The first kappa shape index (κ1) is 20.8. The molecule has 0 atom stereocenters. The number of para-hydroxylation sites is 1. The number of carbonyl (C=O) groups excluding carboxylic acids is 2. The van der Waals surface area contributed by atoms with Gasteiger partial charge < -0.3 is 10.2 Å². The fourth-order valence-electron chi connectivity index (χ4n) is 4.10. The van der Waals surface area contributed by atoms with Gasteiger partial charge in [0.25, 0.3) is 0 Å². The Morgan fingerprint density at radius 2 is 1.77 bits per heavy atom. The van der Waals surface area contributed by atoms with Crippen molar-refractivity contribution in [3.05, 3.63) is 77.1 Å². The third-order valence-electron chi connectivity index (χ3n) is 5.86. The van der Waals surface area contributed by atoms with Crippen LogP contribution in [0.5, 0.6) is 0 Å². The van der Waals surface area contributed by atoms with E-state index in [0.29, 0.717) is 25.8 Å². The maximum atomic E-state index is 12.4. The maximum absolute atomic E-state index is 12.4. The second-order valence-corrected chi connectivity index (χ2v) is 7.99. The van der Waals surface area contributed by atoms with Crippen molar-refractivity contribution >= 4 is 17.5 Å². The molecule has 6 nitrogen and oxygen atoms in total. The molecule has 1 N–H and O–H groups in total. The normalized spacial score (nSPS) is 13.6. The number of aryl methyl sites for hydroxylation is 1. The molecule has 31 heavy (non-hydrogen) atoms. The minimum absolute atomic E-state index is 0.0186. The van der Waals surface area contributed by atoms with E-state index in [1.807, 2.05) is 78.0 Å². The highest BCUT2D eigenvalue weighted by molar-refractivity contribution is 5.95. The number of hydrogen-bond acceptors (Lipinski definition) is 3. The summed E-state index contributed by atoms with van der Waals surface area (Å²) in [6, 6.07) is 17.9. The van der Waals surface area contributed by atoms with Crippen LogP contribution in [0.25, 0.3) is 5.69 Å². The number of hydrogen-bond donors (Lipinski definition) is 1. The predicted molar refractivity (Wildman–Crippen MR) is 121 cm³/mol. The van der Waals surface area contributed by atoms with E-state index >= 15 is 0 Å². The minimum atomic E-state index is 0.0186. The number of carbonyl (C=O) groups is 2. The lowest BCUT2D eigenvalue weighted by molar-refractivity contribution is -0.121. The predicted octanol–water partition coefficient (Wildman–Crippen LogP) is 3.86. The molecule has 4 rings (SSSR count). The summed E-state index contributed by atoms with van der Waals surface area (Å²) >= 11 is 0. The van der Waals surface area contributed by atoms with Gasteiger partial charge in [0.2, 0.25) is 11.8 Å². The number of benzene rings is 2. The van der Waals surface area contributed by atoms with E-state index in [1.165, 1.54) is 0 Å². The molecule has 1 aromatic heterocycles. The maximum Gasteiger partial charge on any atom is 0.227 e. The monoisotopic (exact) mass is 416 g/mol. The third-order valence-corrected chi connectivity index (χ3v) is 5.86. The quantitative estimate of drug-likeness (QED) is 0.636. The second-order valence-electron chi connectivity index (χ2n) is 7.99. The van der Waals surface area contributed by atoms with Crippen LogP contribution in [0, 0.1) is 13.8 Å². The first-order chi connectivity index (χ1) is 15.0. The van der Waals surface area contributed by atoms with E-state index < -0.39 is 0 Å². The standard InChI is InChI=1S/C25H28N4O2/c1-18-23(19(2)29(27-18)22-7-4-3-5-8-22)14-15-24(30)26-17-20-10-12-21(13-11-20)28-16-6-9-25(28)31/h3-5,7-8,10-13H,6,9,14-17H2,1-2H3,(H,26,30). The molecular weight excluding hydrogens is 388 g/mol. The van der Waals surface area contributed by atoms with Crippen molar-refractivity contribution in [1.82, 2.24) is 15.1 Å². The number of nitrogens with one attached hydrogen (secondary N) is 1. The zero-order valence-corrected chi connectivity index (χ0v) is 18.1. The van der Waals surface area contributed by atoms with Gasteiger partial charge in [-0.15, -0.1) is 0 Å². The summed E-state index contributed by atoms with van der Waals surface area (Å²) in [6.45, 7) is 5.31. The number of nitrogens with zero attached hydrogens (tertiary/aromatic N) is 3. The topological polar surface area (TPSA) is 67.2 Å². The smallest absolute Gasteiger partial charge is 0.227 e. The van der Waals surface area contributed by atoms with Gasteiger partial charge >= 0.3 is 0 Å². The molecule has 0 radical (unpaired) electrons. The van der Waals surface area contributed by atoms with Crippen LogP contribution >= 0.6 is 0 Å². The van der Waals surface area contributed by atoms with Crippen molar-refractivity contribution in [2.75, 3.05) is 11.4 Å². The van der Waals surface area contributed by atoms with Crippen molar-refractivity contribution in [2.24, 2.45) is 0 Å². The number of amides is 2. The van der Waals surface area contributed by atoms with Crippen molar-refractivity contribution in [3.8, 4) is 5.69 Å². The second kappa shape index (κ2) is 9.16. The highest BCUT2D eigenvalue weighted by Crippen LogP contribution is 2.22. The lowest BCUT2D eigenvalue weighted by atomic mass is 10.1. The summed E-state index contributed by atoms with van der Waals surface area (Å²) < 4.78 is 1.94. The van der Waals surface area contributed by atoms with Crippen LogP contribution in [-0.2, 0) is 22.6 Å². The van der Waals surface area contributed by atoms with Gasteiger partial charge in [-0.05, 0) is 62.1 Å². The summed E-state index contributed by atoms with van der Waals surface area (Å²) in [5.41, 5.74) is 6.13. The lowest BCUT2D eigenvalue weighted by Gasteiger charge is -2.16. The molecular formula is C25H28N4O2. The van der Waals surface area contributed by atoms with Gasteiger partial charge in [0.1, 0.15) is 0 Å². The van der Waals surface area contributed by atoms with Crippen molar-refractivity contribution in [2.45, 2.75) is 46.1 Å². The Kier molecular flexibility index (Phi) is 6.16. The first-order valence-corrected chi connectivity index (χ1v) is 10.8. The molecule has 2 amide bonds. The van der Waals surface area contributed by atoms with E-state index in [0.717, 1.165) is 46.9 Å². The Bertz CT molecular complexity index is 1070. The van der Waals surface area contributed by atoms with Crippen LogP contribution in [0.3, 0.4) is 0 Å². The molecule has 1 aliphatic heterocycles. The van der Waals surface area contributed by atoms with Crippen molar-refractivity contribution in [3.63, 3.8) is 0 Å². The van der Waals surface area contributed by atoms with Crippen LogP contribution in [-0.4, -0.2) is 28.1 Å². The van der Waals surface area contributed by atoms with E-state index in [9.17, 15) is 9.59 Å². The third kappa shape index (κ3) is 4.68. The molecule has 160 valence electrons. The highest BCUT2D eigenvalue weighted by Gasteiger charge is 2.21. The number of anilines is 1. The molecule has 3 aromatic rings. The molecule has 0 spiro atoms. The van der Waals surface area contributed by atoms with Gasteiger partial charge in [-0.1, -0.05) is 30.3 Å². The van der Waals surface area contributed by atoms with Crippen molar-refractivity contribution < 1.29 is 9.59 Å². The molecule has 1 fully saturated rings. The Balaban J connectivity index is 1.31. The molecule has 6 heteroatoms. The number of aromatic nitrogens is 2. The molecule has 2 heterocycles. The van der Waals surface area contributed by atoms with E-state index in [-0.39, 0.29) is 11.8 Å². The Morgan fingerprint density at radius 1 is 1.03 bits per heavy atom. The highest BCUT2D eigenvalue weighted by atomic mass is 16.2. The molecule has 0 bridgehead atoms. The largest absolute Gasteiger partial charge is 0.352 e. The van der Waals surface area contributed by atoms with Crippen LogP contribution in [0.15, 0.2) is 54.6 Å². The summed E-state index contributed by atoms with van der Waals surface area (Å²) in [6.07, 6.45) is 2.62. The Hall–Kier alpha value is -3.41. The van der Waals surface area contributed by atoms with Gasteiger partial charge in [0, 0.05) is 37.3 Å². The van der Waals surface area contributed by atoms with Crippen LogP contribution in [0.1, 0.15) is 41.8 Å². The average molecular weight is 417 g/mol. The van der Waals surface area contributed by atoms with E-state index in [1.54, 1.807) is 0 Å². The van der Waals surface area contributed by atoms with Crippen LogP contribution in [0.4, 0.5) is 5.69 Å². The zero-order valence-electron chi connectivity index (χ0n) is 18.1. The van der Waals surface area contributed by atoms with E-state index in [2.05, 4.69) is 10.4 Å². The molecule has 1 aliphatic rings. The fraction of sp³-hybridized carbons (Fsp3) is 0.320. The molecule has 0 saturated carbocycles. The SMILES string of the molecule is Cc1nn(-c2ccccc2)c(C)c1CCC(=O)NCc1ccc(N2CCCC2=O)cc1. The van der Waals surface area contributed by atoms with Crippen LogP contribution in [0.2, 0.25) is 0 Å². The molecule has 1 saturated heterocycles. The summed E-state index contributed by atoms with van der Waals surface area (Å²) in [5.74, 6) is 0.201. The fourth-order valence-corrected chi connectivity index (χ4v) is 4.10. The van der Waals surface area contributed by atoms with E-state index in [4.69, 9.17) is 0 Å². The average Bonchev–Trinajstić information content (AvgIpc) is 3.34. The van der Waals surface area contributed by atoms with Gasteiger partial charge in [-0.3, -0.25) is 9.59 Å². The van der Waals surface area contributed by atoms with Crippen molar-refractivity contribution in [1.29, 1.82) is 0 Å². The van der Waals surface area contributed by atoms with Gasteiger partial charge in [0.05, 0.1) is 11.4 Å². The Labute approximate surface area is 182 Å². The van der Waals surface area contributed by atoms with Gasteiger partial charge in [-0.25, -0.2) is 4.68 Å². The Morgan fingerprint density at radius 3 is 2.45 bits per heavy atom. The summed E-state index contributed by atoms with van der Waals surface area (Å²) in [7, 11) is 0. The lowest BCUT2D eigenvalue weighted by Crippen LogP contribution is -2.24. The molecule has 0 unspecified atom stereocenters. The minimum Gasteiger partial charge on any atom is -0.352 e. The van der Waals surface area contributed by atoms with Gasteiger partial charge in [-0.2, -0.15) is 5.10 Å². The molecule has 2 aromatic carbocycles. The zero-order chi connectivity index (χ0) is 21.8. The molecule has 0 aliphatic carbocycles. The number of rotatable bonds is 7. The van der Waals surface area contributed by atoms with Gasteiger partial charge in [0.15, 0.2) is 0 Å². The summed E-state index contributed by atoms with van der Waals surface area (Å²) in [5, 5.41) is 7.65.